The summed E-state index contributed by atoms with van der Waals surface area (Å²) in [7, 11) is 0. The van der Waals surface area contributed by atoms with Gasteiger partial charge in [-0.15, -0.1) is 0 Å². The molecule has 0 saturated heterocycles. The summed E-state index contributed by atoms with van der Waals surface area (Å²) in [5, 5.41) is 0. The summed E-state index contributed by atoms with van der Waals surface area (Å²) in [6.07, 6.45) is 0. The Morgan fingerprint density at radius 3 is 2.67 bits per heavy atom. The molecule has 0 radical (unpaired) electrons. The number of carbonyl (C=O) groups excluding carboxylic acids is 1. The lowest BCUT2D eigenvalue weighted by molar-refractivity contribution is 0.0996. The number of carbonyl (C=O) groups is 1. The van der Waals surface area contributed by atoms with Gasteiger partial charge in [-0.3, -0.25) is 4.79 Å². The van der Waals surface area contributed by atoms with Crippen molar-refractivity contribution in [3.05, 3.63) is 65.5 Å². The van der Waals surface area contributed by atoms with Gasteiger partial charge in [0, 0.05) is 0 Å². The van der Waals surface area contributed by atoms with Crippen LogP contribution in [0.5, 0.6) is 5.75 Å². The van der Waals surface area contributed by atoms with E-state index in [-0.39, 0.29) is 12.4 Å². The number of rotatable bonds is 4. The molecule has 2 aromatic carbocycles. The fourth-order valence-corrected chi connectivity index (χ4v) is 1.58. The van der Waals surface area contributed by atoms with Gasteiger partial charge in [0.2, 0.25) is 0 Å². The number of ether oxygens (including phenoxy) is 1. The number of hydrogen-bond acceptors (Lipinski definition) is 2. The fourth-order valence-electron chi connectivity index (χ4n) is 1.58. The number of halogens is 1. The van der Waals surface area contributed by atoms with Crippen LogP contribution in [0.15, 0.2) is 48.5 Å². The molecule has 4 heteroatoms. The van der Waals surface area contributed by atoms with Gasteiger partial charge in [0.25, 0.3) is 5.91 Å². The van der Waals surface area contributed by atoms with Crippen LogP contribution in [0, 0.1) is 5.82 Å². The molecule has 0 aliphatic rings. The first-order valence-corrected chi connectivity index (χ1v) is 5.43. The van der Waals surface area contributed by atoms with Crippen molar-refractivity contribution >= 4 is 5.91 Å². The van der Waals surface area contributed by atoms with Crippen LogP contribution in [-0.2, 0) is 6.61 Å². The molecule has 2 rings (SSSR count). The van der Waals surface area contributed by atoms with Crippen LogP contribution in [0.2, 0.25) is 0 Å². The monoisotopic (exact) mass is 245 g/mol. The van der Waals surface area contributed by atoms with Crippen molar-refractivity contribution in [2.24, 2.45) is 5.73 Å². The Kier molecular flexibility index (Phi) is 3.57. The van der Waals surface area contributed by atoms with Gasteiger partial charge < -0.3 is 10.5 Å². The first-order chi connectivity index (χ1) is 8.66. The van der Waals surface area contributed by atoms with Gasteiger partial charge in [0.15, 0.2) is 0 Å². The van der Waals surface area contributed by atoms with Gasteiger partial charge >= 0.3 is 0 Å². The number of hydrogen-bond donors (Lipinski definition) is 1. The molecule has 0 saturated carbocycles. The molecule has 2 aromatic rings. The molecular formula is C14H12FNO2. The Bertz CT molecular complexity index is 569. The highest BCUT2D eigenvalue weighted by atomic mass is 19.1. The minimum Gasteiger partial charge on any atom is -0.488 e. The summed E-state index contributed by atoms with van der Waals surface area (Å²) in [5.41, 5.74) is 6.23. The van der Waals surface area contributed by atoms with E-state index >= 15 is 0 Å². The molecule has 92 valence electrons. The highest BCUT2D eigenvalue weighted by Gasteiger charge is 2.08. The summed E-state index contributed by atoms with van der Waals surface area (Å²) in [5.74, 6) is -0.474. The molecule has 2 N–H and O–H groups in total. The number of para-hydroxylation sites is 1. The maximum absolute atomic E-state index is 13.0. The Morgan fingerprint density at radius 1 is 1.17 bits per heavy atom. The van der Waals surface area contributed by atoms with Crippen molar-refractivity contribution < 1.29 is 13.9 Å². The maximum Gasteiger partial charge on any atom is 0.252 e. The average Bonchev–Trinajstić information content (AvgIpc) is 2.37. The average molecular weight is 245 g/mol. The first kappa shape index (κ1) is 12.1. The normalized spacial score (nSPS) is 10.1. The lowest BCUT2D eigenvalue weighted by Gasteiger charge is -2.09. The van der Waals surface area contributed by atoms with E-state index in [0.717, 1.165) is 0 Å². The van der Waals surface area contributed by atoms with Gasteiger partial charge in [-0.2, -0.15) is 0 Å². The molecule has 3 nitrogen and oxygen atoms in total. The molecule has 0 aliphatic heterocycles. The molecule has 0 unspecified atom stereocenters. The molecule has 0 heterocycles. The predicted molar refractivity (Wildman–Crippen MR) is 65.7 cm³/mol. The third kappa shape index (κ3) is 2.85. The summed E-state index contributed by atoms with van der Waals surface area (Å²) >= 11 is 0. The highest BCUT2D eigenvalue weighted by Crippen LogP contribution is 2.18. The van der Waals surface area contributed by atoms with Crippen LogP contribution < -0.4 is 10.5 Å². The van der Waals surface area contributed by atoms with Crippen LogP contribution in [0.25, 0.3) is 0 Å². The van der Waals surface area contributed by atoms with Crippen molar-refractivity contribution in [1.82, 2.24) is 0 Å². The van der Waals surface area contributed by atoms with Gasteiger partial charge in [-0.25, -0.2) is 4.39 Å². The third-order valence-electron chi connectivity index (χ3n) is 2.44. The number of amides is 1. The van der Waals surface area contributed by atoms with Crippen molar-refractivity contribution in [1.29, 1.82) is 0 Å². The van der Waals surface area contributed by atoms with E-state index in [1.165, 1.54) is 12.1 Å². The second kappa shape index (κ2) is 5.31. The molecule has 0 atom stereocenters. The van der Waals surface area contributed by atoms with Crippen LogP contribution in [0.1, 0.15) is 15.9 Å². The summed E-state index contributed by atoms with van der Waals surface area (Å²) in [6, 6.07) is 12.8. The maximum atomic E-state index is 13.0. The van der Waals surface area contributed by atoms with E-state index in [1.54, 1.807) is 36.4 Å². The Balaban J connectivity index is 2.13. The van der Waals surface area contributed by atoms with E-state index in [1.807, 2.05) is 0 Å². The highest BCUT2D eigenvalue weighted by molar-refractivity contribution is 5.95. The standard InChI is InChI=1S/C14H12FNO2/c15-11-5-3-4-10(8-11)9-18-13-7-2-1-6-12(13)14(16)17/h1-8H,9H2,(H2,16,17). The van der Waals surface area contributed by atoms with Crippen molar-refractivity contribution in [3.8, 4) is 5.75 Å². The van der Waals surface area contributed by atoms with E-state index in [0.29, 0.717) is 16.9 Å². The Labute approximate surface area is 104 Å². The van der Waals surface area contributed by atoms with Crippen molar-refractivity contribution in [2.75, 3.05) is 0 Å². The SMILES string of the molecule is NC(=O)c1ccccc1OCc1cccc(F)c1. The minimum atomic E-state index is -0.551. The molecule has 0 aromatic heterocycles. The smallest absolute Gasteiger partial charge is 0.252 e. The van der Waals surface area contributed by atoms with Crippen LogP contribution in [0.4, 0.5) is 4.39 Å². The molecular weight excluding hydrogens is 233 g/mol. The zero-order chi connectivity index (χ0) is 13.0. The van der Waals surface area contributed by atoms with Crippen molar-refractivity contribution in [2.45, 2.75) is 6.61 Å². The summed E-state index contributed by atoms with van der Waals surface area (Å²) in [4.78, 5) is 11.2. The molecule has 0 fully saturated rings. The zero-order valence-corrected chi connectivity index (χ0v) is 9.60. The molecule has 0 aliphatic carbocycles. The molecule has 0 bridgehead atoms. The van der Waals surface area contributed by atoms with Gasteiger partial charge in [0.05, 0.1) is 5.56 Å². The lowest BCUT2D eigenvalue weighted by atomic mass is 10.2. The number of benzene rings is 2. The summed E-state index contributed by atoms with van der Waals surface area (Å²) < 4.78 is 18.4. The minimum absolute atomic E-state index is 0.183. The number of primary amides is 1. The van der Waals surface area contributed by atoms with E-state index in [2.05, 4.69) is 0 Å². The molecule has 1 amide bonds. The predicted octanol–water partition coefficient (Wildman–Crippen LogP) is 2.50. The topological polar surface area (TPSA) is 52.3 Å². The fraction of sp³-hybridized carbons (Fsp3) is 0.0714. The van der Waals surface area contributed by atoms with Crippen molar-refractivity contribution in [3.63, 3.8) is 0 Å². The lowest BCUT2D eigenvalue weighted by Crippen LogP contribution is -2.12. The van der Waals surface area contributed by atoms with Gasteiger partial charge in [0.1, 0.15) is 18.2 Å². The van der Waals surface area contributed by atoms with Crippen LogP contribution in [-0.4, -0.2) is 5.91 Å². The quantitative estimate of drug-likeness (QED) is 0.899. The molecule has 0 spiro atoms. The Morgan fingerprint density at radius 2 is 1.94 bits per heavy atom. The first-order valence-electron chi connectivity index (χ1n) is 5.43. The second-order valence-electron chi connectivity index (χ2n) is 3.78. The van der Waals surface area contributed by atoms with E-state index in [4.69, 9.17) is 10.5 Å². The third-order valence-corrected chi connectivity index (χ3v) is 2.44. The van der Waals surface area contributed by atoms with Crippen LogP contribution >= 0.6 is 0 Å². The van der Waals surface area contributed by atoms with E-state index < -0.39 is 5.91 Å². The second-order valence-corrected chi connectivity index (χ2v) is 3.78. The largest absolute Gasteiger partial charge is 0.488 e. The molecule has 18 heavy (non-hydrogen) atoms. The van der Waals surface area contributed by atoms with Gasteiger partial charge in [-0.1, -0.05) is 24.3 Å². The summed E-state index contributed by atoms with van der Waals surface area (Å²) in [6.45, 7) is 0.183. The van der Waals surface area contributed by atoms with Gasteiger partial charge in [-0.05, 0) is 29.8 Å². The van der Waals surface area contributed by atoms with E-state index in [9.17, 15) is 9.18 Å². The zero-order valence-electron chi connectivity index (χ0n) is 9.60. The van der Waals surface area contributed by atoms with Crippen LogP contribution in [0.3, 0.4) is 0 Å². The Hall–Kier alpha value is -2.36. The number of nitrogens with two attached hydrogens (primary N) is 1.